The van der Waals surface area contributed by atoms with Crippen LogP contribution in [0.2, 0.25) is 0 Å². The number of benzene rings is 1. The van der Waals surface area contributed by atoms with Crippen molar-refractivity contribution in [2.75, 3.05) is 18.5 Å². The summed E-state index contributed by atoms with van der Waals surface area (Å²) < 4.78 is 41.1. The maximum Gasteiger partial charge on any atom is 0.388 e. The number of halogens is 2. The molecule has 2 aromatic rings. The SMILES string of the molecule is Cn1nc(C(=O)Nc2cccc(OC[C@@H]3CCCO3)c2)cc1OC(F)F. The van der Waals surface area contributed by atoms with Gasteiger partial charge in [0.1, 0.15) is 12.4 Å². The van der Waals surface area contributed by atoms with Gasteiger partial charge in [0.25, 0.3) is 5.91 Å². The van der Waals surface area contributed by atoms with Crippen LogP contribution in [-0.2, 0) is 11.8 Å². The summed E-state index contributed by atoms with van der Waals surface area (Å²) in [6.45, 7) is -1.78. The third-order valence-corrected chi connectivity index (χ3v) is 3.83. The van der Waals surface area contributed by atoms with E-state index in [1.807, 2.05) is 0 Å². The molecule has 0 saturated carbocycles. The van der Waals surface area contributed by atoms with Gasteiger partial charge in [-0.1, -0.05) is 6.07 Å². The molecule has 1 aliphatic heterocycles. The number of nitrogens with one attached hydrogen (secondary N) is 1. The fourth-order valence-corrected chi connectivity index (χ4v) is 2.59. The van der Waals surface area contributed by atoms with E-state index in [1.54, 1.807) is 24.3 Å². The van der Waals surface area contributed by atoms with Gasteiger partial charge in [0.15, 0.2) is 5.69 Å². The molecule has 26 heavy (non-hydrogen) atoms. The number of carbonyl (C=O) groups is 1. The number of ether oxygens (including phenoxy) is 3. The molecule has 1 saturated heterocycles. The van der Waals surface area contributed by atoms with Crippen LogP contribution in [0.4, 0.5) is 14.5 Å². The van der Waals surface area contributed by atoms with Gasteiger partial charge in [-0.3, -0.25) is 4.79 Å². The van der Waals surface area contributed by atoms with E-state index in [0.29, 0.717) is 18.0 Å². The summed E-state index contributed by atoms with van der Waals surface area (Å²) in [6, 6.07) is 8.03. The Morgan fingerprint density at radius 1 is 1.46 bits per heavy atom. The molecular formula is C17H19F2N3O4. The monoisotopic (exact) mass is 367 g/mol. The largest absolute Gasteiger partial charge is 0.491 e. The molecule has 0 radical (unpaired) electrons. The fraction of sp³-hybridized carbons (Fsp3) is 0.412. The van der Waals surface area contributed by atoms with E-state index < -0.39 is 12.5 Å². The maximum atomic E-state index is 12.3. The highest BCUT2D eigenvalue weighted by Crippen LogP contribution is 2.21. The van der Waals surface area contributed by atoms with Crippen LogP contribution in [0.25, 0.3) is 0 Å². The second-order valence-electron chi connectivity index (χ2n) is 5.80. The topological polar surface area (TPSA) is 74.6 Å². The van der Waals surface area contributed by atoms with Crippen LogP contribution in [0.15, 0.2) is 30.3 Å². The lowest BCUT2D eigenvalue weighted by molar-refractivity contribution is -0.0553. The van der Waals surface area contributed by atoms with Gasteiger partial charge < -0.3 is 19.5 Å². The molecule has 1 atom stereocenters. The molecule has 1 fully saturated rings. The molecule has 1 amide bonds. The summed E-state index contributed by atoms with van der Waals surface area (Å²) in [6.07, 6.45) is 2.10. The van der Waals surface area contributed by atoms with Gasteiger partial charge in [0.2, 0.25) is 5.88 Å². The van der Waals surface area contributed by atoms with Crippen LogP contribution in [0.5, 0.6) is 11.6 Å². The van der Waals surface area contributed by atoms with Gasteiger partial charge in [-0.2, -0.15) is 13.9 Å². The molecule has 2 heterocycles. The molecule has 7 nitrogen and oxygen atoms in total. The number of nitrogens with zero attached hydrogens (tertiary/aromatic N) is 2. The van der Waals surface area contributed by atoms with Crippen molar-refractivity contribution >= 4 is 11.6 Å². The minimum absolute atomic E-state index is 0.0335. The van der Waals surface area contributed by atoms with E-state index >= 15 is 0 Å². The molecule has 1 aliphatic rings. The van der Waals surface area contributed by atoms with Crippen LogP contribution < -0.4 is 14.8 Å². The third-order valence-electron chi connectivity index (χ3n) is 3.83. The number of aromatic nitrogens is 2. The van der Waals surface area contributed by atoms with Crippen LogP contribution in [-0.4, -0.2) is 41.6 Å². The number of aryl methyl sites for hydroxylation is 1. The van der Waals surface area contributed by atoms with Crippen molar-refractivity contribution in [1.29, 1.82) is 0 Å². The predicted octanol–water partition coefficient (Wildman–Crippen LogP) is 2.83. The number of hydrogen-bond acceptors (Lipinski definition) is 5. The number of alkyl halides is 2. The summed E-state index contributed by atoms with van der Waals surface area (Å²) in [5.74, 6) is -0.138. The van der Waals surface area contributed by atoms with Crippen molar-refractivity contribution < 1.29 is 27.8 Å². The summed E-state index contributed by atoms with van der Waals surface area (Å²) >= 11 is 0. The summed E-state index contributed by atoms with van der Waals surface area (Å²) in [5, 5.41) is 6.52. The maximum absolute atomic E-state index is 12.3. The lowest BCUT2D eigenvalue weighted by Gasteiger charge is -2.12. The average Bonchev–Trinajstić information content (AvgIpc) is 3.23. The van der Waals surface area contributed by atoms with E-state index in [9.17, 15) is 13.6 Å². The molecule has 0 aliphatic carbocycles. The fourth-order valence-electron chi connectivity index (χ4n) is 2.59. The van der Waals surface area contributed by atoms with E-state index in [1.165, 1.54) is 7.05 Å². The van der Waals surface area contributed by atoms with Crippen LogP contribution in [0, 0.1) is 0 Å². The Bertz CT molecular complexity index is 760. The van der Waals surface area contributed by atoms with E-state index in [2.05, 4.69) is 15.2 Å². The minimum Gasteiger partial charge on any atom is -0.491 e. The first-order valence-electron chi connectivity index (χ1n) is 8.16. The van der Waals surface area contributed by atoms with Gasteiger partial charge in [-0.05, 0) is 25.0 Å². The van der Waals surface area contributed by atoms with Crippen molar-refractivity contribution in [3.8, 4) is 11.6 Å². The molecule has 3 rings (SSSR count). The second-order valence-corrected chi connectivity index (χ2v) is 5.80. The zero-order valence-corrected chi connectivity index (χ0v) is 14.2. The van der Waals surface area contributed by atoms with E-state index in [0.717, 1.165) is 30.2 Å². The zero-order valence-electron chi connectivity index (χ0n) is 14.2. The highest BCUT2D eigenvalue weighted by molar-refractivity contribution is 6.03. The third kappa shape index (κ3) is 4.69. The Kier molecular flexibility index (Phi) is 5.67. The first kappa shape index (κ1) is 18.1. The van der Waals surface area contributed by atoms with Crippen molar-refractivity contribution in [3.05, 3.63) is 36.0 Å². The molecule has 1 aromatic carbocycles. The minimum atomic E-state index is -2.99. The number of amides is 1. The van der Waals surface area contributed by atoms with Crippen molar-refractivity contribution in [1.82, 2.24) is 9.78 Å². The highest BCUT2D eigenvalue weighted by atomic mass is 19.3. The van der Waals surface area contributed by atoms with Gasteiger partial charge in [0.05, 0.1) is 6.10 Å². The molecular weight excluding hydrogens is 348 g/mol. The Labute approximate surface area is 148 Å². The Hall–Kier alpha value is -2.68. The first-order chi connectivity index (χ1) is 12.5. The smallest absolute Gasteiger partial charge is 0.388 e. The number of carbonyl (C=O) groups excluding carboxylic acids is 1. The van der Waals surface area contributed by atoms with Crippen LogP contribution in [0.1, 0.15) is 23.3 Å². The van der Waals surface area contributed by atoms with Gasteiger partial charge in [0, 0.05) is 31.5 Å². The Morgan fingerprint density at radius 2 is 2.31 bits per heavy atom. The van der Waals surface area contributed by atoms with Crippen LogP contribution in [0.3, 0.4) is 0 Å². The number of hydrogen-bond donors (Lipinski definition) is 1. The van der Waals surface area contributed by atoms with Crippen molar-refractivity contribution in [2.45, 2.75) is 25.6 Å². The lowest BCUT2D eigenvalue weighted by Crippen LogP contribution is -2.16. The summed E-state index contributed by atoms with van der Waals surface area (Å²) in [7, 11) is 1.41. The van der Waals surface area contributed by atoms with E-state index in [4.69, 9.17) is 9.47 Å². The van der Waals surface area contributed by atoms with Gasteiger partial charge in [-0.15, -0.1) is 0 Å². The average molecular weight is 367 g/mol. The zero-order chi connectivity index (χ0) is 18.5. The van der Waals surface area contributed by atoms with Crippen molar-refractivity contribution in [3.63, 3.8) is 0 Å². The molecule has 140 valence electrons. The molecule has 0 unspecified atom stereocenters. The number of anilines is 1. The van der Waals surface area contributed by atoms with E-state index in [-0.39, 0.29) is 17.7 Å². The van der Waals surface area contributed by atoms with Gasteiger partial charge in [-0.25, -0.2) is 4.68 Å². The Balaban J connectivity index is 1.61. The first-order valence-corrected chi connectivity index (χ1v) is 8.16. The second kappa shape index (κ2) is 8.13. The quantitative estimate of drug-likeness (QED) is 0.815. The summed E-state index contributed by atoms with van der Waals surface area (Å²) in [4.78, 5) is 12.3. The lowest BCUT2D eigenvalue weighted by atomic mass is 10.2. The normalized spacial score (nSPS) is 16.7. The Morgan fingerprint density at radius 3 is 3.04 bits per heavy atom. The molecule has 1 N–H and O–H groups in total. The summed E-state index contributed by atoms with van der Waals surface area (Å²) in [5.41, 5.74) is 0.468. The standard InChI is InChI=1S/C17H19F2N3O4/c1-22-15(26-17(18)19)9-14(21-22)16(23)20-11-4-2-5-12(8-11)25-10-13-6-3-7-24-13/h2,4-5,8-9,13,17H,3,6-7,10H2,1H3,(H,20,23)/t13-/m0/s1. The highest BCUT2D eigenvalue weighted by Gasteiger charge is 2.18. The number of rotatable bonds is 7. The molecule has 0 bridgehead atoms. The van der Waals surface area contributed by atoms with Gasteiger partial charge >= 0.3 is 6.61 Å². The molecule has 9 heteroatoms. The van der Waals surface area contributed by atoms with Crippen molar-refractivity contribution in [2.24, 2.45) is 7.05 Å². The molecule has 0 spiro atoms. The predicted molar refractivity (Wildman–Crippen MR) is 88.7 cm³/mol. The molecule has 1 aromatic heterocycles. The van der Waals surface area contributed by atoms with Crippen LogP contribution >= 0.6 is 0 Å².